The van der Waals surface area contributed by atoms with Gasteiger partial charge in [-0.2, -0.15) is 12.6 Å². The highest BCUT2D eigenvalue weighted by Gasteiger charge is 2.33. The molecule has 17 heavy (non-hydrogen) atoms. The molecular formula is C14H29NOS. The molecule has 3 heteroatoms. The van der Waals surface area contributed by atoms with E-state index in [1.165, 1.54) is 19.4 Å². The summed E-state index contributed by atoms with van der Waals surface area (Å²) in [7, 11) is 1.84. The molecule has 0 radical (unpaired) electrons. The van der Waals surface area contributed by atoms with Crippen LogP contribution in [0.1, 0.15) is 40.5 Å². The first-order chi connectivity index (χ1) is 7.80. The van der Waals surface area contributed by atoms with E-state index in [0.29, 0.717) is 11.3 Å². The Kier molecular flexibility index (Phi) is 5.36. The van der Waals surface area contributed by atoms with E-state index in [0.717, 1.165) is 18.8 Å². The molecule has 0 bridgehead atoms. The number of ether oxygens (including phenoxy) is 1. The molecule has 1 saturated heterocycles. The lowest BCUT2D eigenvalue weighted by atomic mass is 9.81. The maximum Gasteiger partial charge on any atom is 0.0777 e. The van der Waals surface area contributed by atoms with Gasteiger partial charge in [0, 0.05) is 20.2 Å². The summed E-state index contributed by atoms with van der Waals surface area (Å²) in [4.78, 5) is 2.55. The molecule has 1 rings (SSSR count). The number of methoxy groups -OCH3 is 1. The van der Waals surface area contributed by atoms with Crippen molar-refractivity contribution in [1.82, 2.24) is 4.90 Å². The van der Waals surface area contributed by atoms with E-state index in [4.69, 9.17) is 4.74 Å². The van der Waals surface area contributed by atoms with E-state index >= 15 is 0 Å². The van der Waals surface area contributed by atoms with Crippen LogP contribution in [0.15, 0.2) is 0 Å². The molecule has 0 aliphatic carbocycles. The Hall–Kier alpha value is 0.270. The predicted molar refractivity (Wildman–Crippen MR) is 77.9 cm³/mol. The molecule has 2 unspecified atom stereocenters. The number of thiol groups is 1. The predicted octanol–water partition coefficient (Wildman–Crippen LogP) is 3.08. The average molecular weight is 259 g/mol. The topological polar surface area (TPSA) is 12.5 Å². The summed E-state index contributed by atoms with van der Waals surface area (Å²) in [6.07, 6.45) is 2.43. The van der Waals surface area contributed by atoms with Crippen molar-refractivity contribution in [2.75, 3.05) is 32.5 Å². The molecule has 0 aromatic heterocycles. The molecule has 1 heterocycles. The van der Waals surface area contributed by atoms with Crippen LogP contribution in [0.3, 0.4) is 0 Å². The van der Waals surface area contributed by atoms with Crippen LogP contribution in [0.25, 0.3) is 0 Å². The van der Waals surface area contributed by atoms with Crippen LogP contribution in [-0.2, 0) is 4.74 Å². The highest BCUT2D eigenvalue weighted by atomic mass is 32.1. The van der Waals surface area contributed by atoms with Crippen LogP contribution < -0.4 is 0 Å². The number of piperidine rings is 1. The molecule has 0 saturated carbocycles. The lowest BCUT2D eigenvalue weighted by Crippen LogP contribution is -2.50. The number of nitrogens with zero attached hydrogens (tertiary/aromatic N) is 1. The Labute approximate surface area is 113 Å². The maximum atomic E-state index is 5.65. The molecule has 2 nitrogen and oxygen atoms in total. The van der Waals surface area contributed by atoms with Crippen molar-refractivity contribution in [3.8, 4) is 0 Å². The Bertz CT molecular complexity index is 239. The quantitative estimate of drug-likeness (QED) is 0.779. The summed E-state index contributed by atoms with van der Waals surface area (Å²) in [5, 5.41) is 0. The van der Waals surface area contributed by atoms with Crippen molar-refractivity contribution in [3.63, 3.8) is 0 Å². The largest absolute Gasteiger partial charge is 0.377 e. The molecule has 0 aromatic rings. The van der Waals surface area contributed by atoms with Gasteiger partial charge in [-0.3, -0.25) is 0 Å². The highest BCUT2D eigenvalue weighted by Crippen LogP contribution is 2.30. The van der Waals surface area contributed by atoms with Crippen LogP contribution in [0.4, 0.5) is 0 Å². The SMILES string of the molecule is COC1(C)CCCN(CC(CS)C(C)(C)C)C1. The van der Waals surface area contributed by atoms with Gasteiger partial charge in [-0.05, 0) is 43.4 Å². The zero-order chi connectivity index (χ0) is 13.1. The van der Waals surface area contributed by atoms with Crippen LogP contribution in [-0.4, -0.2) is 43.0 Å². The molecule has 0 N–H and O–H groups in total. The van der Waals surface area contributed by atoms with Crippen molar-refractivity contribution in [3.05, 3.63) is 0 Å². The fourth-order valence-corrected chi connectivity index (χ4v) is 3.21. The second kappa shape index (κ2) is 5.94. The molecule has 1 aliphatic rings. The molecular weight excluding hydrogens is 230 g/mol. The van der Waals surface area contributed by atoms with Crippen LogP contribution in [0.5, 0.6) is 0 Å². The molecule has 0 aromatic carbocycles. The molecule has 1 fully saturated rings. The fourth-order valence-electron chi connectivity index (χ4n) is 2.55. The highest BCUT2D eigenvalue weighted by molar-refractivity contribution is 7.80. The average Bonchev–Trinajstić information content (AvgIpc) is 2.24. The van der Waals surface area contributed by atoms with Gasteiger partial charge in [0.1, 0.15) is 0 Å². The number of hydrogen-bond donors (Lipinski definition) is 1. The zero-order valence-electron chi connectivity index (χ0n) is 12.1. The van der Waals surface area contributed by atoms with E-state index < -0.39 is 0 Å². The minimum atomic E-state index is 0.0529. The summed E-state index contributed by atoms with van der Waals surface area (Å²) in [5.41, 5.74) is 0.389. The van der Waals surface area contributed by atoms with Gasteiger partial charge < -0.3 is 9.64 Å². The van der Waals surface area contributed by atoms with Crippen molar-refractivity contribution in [2.24, 2.45) is 11.3 Å². The second-order valence-electron chi connectivity index (χ2n) is 6.74. The van der Waals surface area contributed by atoms with Gasteiger partial charge in [-0.25, -0.2) is 0 Å². The minimum absolute atomic E-state index is 0.0529. The Morgan fingerprint density at radius 3 is 2.53 bits per heavy atom. The third-order valence-electron chi connectivity index (χ3n) is 4.15. The van der Waals surface area contributed by atoms with Crippen molar-refractivity contribution in [2.45, 2.75) is 46.1 Å². The van der Waals surface area contributed by atoms with E-state index in [-0.39, 0.29) is 5.60 Å². The lowest BCUT2D eigenvalue weighted by molar-refractivity contribution is -0.0560. The lowest BCUT2D eigenvalue weighted by Gasteiger charge is -2.42. The Morgan fingerprint density at radius 1 is 1.41 bits per heavy atom. The van der Waals surface area contributed by atoms with Crippen LogP contribution in [0, 0.1) is 11.3 Å². The number of hydrogen-bond acceptors (Lipinski definition) is 3. The molecule has 0 spiro atoms. The van der Waals surface area contributed by atoms with E-state index in [1.54, 1.807) is 0 Å². The maximum absolute atomic E-state index is 5.65. The van der Waals surface area contributed by atoms with Gasteiger partial charge in [0.25, 0.3) is 0 Å². The first-order valence-electron chi connectivity index (χ1n) is 6.69. The van der Waals surface area contributed by atoms with Gasteiger partial charge in [0.2, 0.25) is 0 Å². The molecule has 102 valence electrons. The fraction of sp³-hybridized carbons (Fsp3) is 1.00. The number of rotatable bonds is 4. The molecule has 2 atom stereocenters. The van der Waals surface area contributed by atoms with Gasteiger partial charge in [-0.1, -0.05) is 20.8 Å². The van der Waals surface area contributed by atoms with E-state index in [1.807, 2.05) is 7.11 Å². The van der Waals surface area contributed by atoms with Gasteiger partial charge in [0.15, 0.2) is 0 Å². The van der Waals surface area contributed by atoms with Crippen molar-refractivity contribution >= 4 is 12.6 Å². The molecule has 0 amide bonds. The monoisotopic (exact) mass is 259 g/mol. The van der Waals surface area contributed by atoms with Crippen LogP contribution >= 0.6 is 12.6 Å². The zero-order valence-corrected chi connectivity index (χ0v) is 13.0. The first kappa shape index (κ1) is 15.3. The molecule has 1 aliphatic heterocycles. The van der Waals surface area contributed by atoms with Gasteiger partial charge >= 0.3 is 0 Å². The number of likely N-dealkylation sites (tertiary alicyclic amines) is 1. The summed E-state index contributed by atoms with van der Waals surface area (Å²) in [6.45, 7) is 12.6. The summed E-state index contributed by atoms with van der Waals surface area (Å²) in [6, 6.07) is 0. The third-order valence-corrected chi connectivity index (χ3v) is 4.60. The van der Waals surface area contributed by atoms with Gasteiger partial charge in [-0.15, -0.1) is 0 Å². The standard InChI is InChI=1S/C14H29NOS/c1-13(2,3)12(10-17)9-15-8-6-7-14(4,11-15)16-5/h12,17H,6-11H2,1-5H3. The summed E-state index contributed by atoms with van der Waals surface area (Å²) < 4.78 is 5.65. The van der Waals surface area contributed by atoms with E-state index in [9.17, 15) is 0 Å². The van der Waals surface area contributed by atoms with Crippen LogP contribution in [0.2, 0.25) is 0 Å². The van der Waals surface area contributed by atoms with E-state index in [2.05, 4.69) is 45.2 Å². The first-order valence-corrected chi connectivity index (χ1v) is 7.32. The van der Waals surface area contributed by atoms with Gasteiger partial charge in [0.05, 0.1) is 5.60 Å². The Morgan fingerprint density at radius 2 is 2.06 bits per heavy atom. The smallest absolute Gasteiger partial charge is 0.0777 e. The second-order valence-corrected chi connectivity index (χ2v) is 7.10. The normalized spacial score (nSPS) is 29.3. The summed E-state index contributed by atoms with van der Waals surface area (Å²) >= 11 is 4.52. The third kappa shape index (κ3) is 4.46. The minimum Gasteiger partial charge on any atom is -0.377 e. The Balaban J connectivity index is 2.56. The van der Waals surface area contributed by atoms with Crippen molar-refractivity contribution < 1.29 is 4.74 Å². The van der Waals surface area contributed by atoms with Crippen molar-refractivity contribution in [1.29, 1.82) is 0 Å². The summed E-state index contributed by atoms with van der Waals surface area (Å²) in [5.74, 6) is 1.61.